The zero-order valence-corrected chi connectivity index (χ0v) is 11.4. The number of hydrogen-bond acceptors (Lipinski definition) is 3. The summed E-state index contributed by atoms with van der Waals surface area (Å²) in [7, 11) is 1.67. The van der Waals surface area contributed by atoms with Gasteiger partial charge in [0.2, 0.25) is 0 Å². The number of thioether (sulfide) groups is 1. The molecule has 0 radical (unpaired) electrons. The summed E-state index contributed by atoms with van der Waals surface area (Å²) in [6.45, 7) is 1.90. The molecule has 0 bridgehead atoms. The van der Waals surface area contributed by atoms with E-state index < -0.39 is 11.7 Å². The monoisotopic (exact) mass is 278 g/mol. The smallest absolute Gasteiger partial charge is 0.399 e. The molecule has 0 spiro atoms. The van der Waals surface area contributed by atoms with Crippen LogP contribution in [0.3, 0.4) is 0 Å². The largest absolute Gasteiger partial charge is 0.418 e. The van der Waals surface area contributed by atoms with Gasteiger partial charge in [-0.3, -0.25) is 0 Å². The van der Waals surface area contributed by atoms with Crippen LogP contribution in [0, 0.1) is 0 Å². The van der Waals surface area contributed by atoms with Gasteiger partial charge in [-0.2, -0.15) is 24.9 Å². The molecule has 1 rings (SSSR count). The number of nitrogen functional groups attached to an aromatic ring is 1. The zero-order valence-electron chi connectivity index (χ0n) is 10.6. The van der Waals surface area contributed by atoms with Crippen molar-refractivity contribution in [3.8, 4) is 0 Å². The summed E-state index contributed by atoms with van der Waals surface area (Å²) in [5.74, 6) is 0.762. The highest BCUT2D eigenvalue weighted by Gasteiger charge is 2.35. The van der Waals surface area contributed by atoms with Gasteiger partial charge in [0.25, 0.3) is 0 Å². The minimum atomic E-state index is -4.39. The van der Waals surface area contributed by atoms with E-state index in [-0.39, 0.29) is 17.4 Å². The average Bonchev–Trinajstić information content (AvgIpc) is 2.27. The summed E-state index contributed by atoms with van der Waals surface area (Å²) in [5, 5.41) is 0. The number of anilines is 2. The van der Waals surface area contributed by atoms with Crippen molar-refractivity contribution >= 4 is 23.1 Å². The van der Waals surface area contributed by atoms with Crippen molar-refractivity contribution in [3.05, 3.63) is 23.8 Å². The van der Waals surface area contributed by atoms with E-state index in [1.807, 2.05) is 13.2 Å². The first kappa shape index (κ1) is 15.0. The highest BCUT2D eigenvalue weighted by molar-refractivity contribution is 7.98. The highest BCUT2D eigenvalue weighted by atomic mass is 32.2. The van der Waals surface area contributed by atoms with Crippen LogP contribution in [0.4, 0.5) is 24.5 Å². The molecule has 102 valence electrons. The SMILES string of the molecule is CSCC(C)N(C)c1ccc(N)cc1C(F)(F)F. The molecular weight excluding hydrogens is 261 g/mol. The van der Waals surface area contributed by atoms with Crippen LogP contribution in [0.1, 0.15) is 12.5 Å². The van der Waals surface area contributed by atoms with Gasteiger partial charge in [-0.05, 0) is 31.4 Å². The van der Waals surface area contributed by atoms with Gasteiger partial charge >= 0.3 is 6.18 Å². The predicted octanol–water partition coefficient (Wildman–Crippen LogP) is 3.48. The third kappa shape index (κ3) is 3.48. The summed E-state index contributed by atoms with van der Waals surface area (Å²) in [6, 6.07) is 3.92. The van der Waals surface area contributed by atoms with Crippen LogP contribution in [-0.4, -0.2) is 25.1 Å². The van der Waals surface area contributed by atoms with Crippen molar-refractivity contribution < 1.29 is 13.2 Å². The van der Waals surface area contributed by atoms with Crippen molar-refractivity contribution in [2.45, 2.75) is 19.1 Å². The molecule has 1 aromatic rings. The number of hydrogen-bond donors (Lipinski definition) is 1. The molecule has 0 aliphatic carbocycles. The summed E-state index contributed by atoms with van der Waals surface area (Å²) in [4.78, 5) is 1.64. The standard InChI is InChI=1S/C12H17F3N2S/c1-8(7-18-3)17(2)11-5-4-9(16)6-10(11)12(13,14)15/h4-6,8H,7,16H2,1-3H3. The third-order valence-corrected chi connectivity index (χ3v) is 3.59. The van der Waals surface area contributed by atoms with Crippen molar-refractivity contribution in [2.24, 2.45) is 0 Å². The van der Waals surface area contributed by atoms with Crippen LogP contribution in [-0.2, 0) is 6.18 Å². The number of rotatable bonds is 4. The van der Waals surface area contributed by atoms with Crippen molar-refractivity contribution in [1.29, 1.82) is 0 Å². The fourth-order valence-corrected chi connectivity index (χ4v) is 2.38. The molecule has 18 heavy (non-hydrogen) atoms. The minimum Gasteiger partial charge on any atom is -0.399 e. The fraction of sp³-hybridized carbons (Fsp3) is 0.500. The Kier molecular flexibility index (Phi) is 4.78. The second kappa shape index (κ2) is 5.73. The maximum Gasteiger partial charge on any atom is 0.418 e. The van der Waals surface area contributed by atoms with Gasteiger partial charge in [0, 0.05) is 30.2 Å². The van der Waals surface area contributed by atoms with Crippen LogP contribution in [0.2, 0.25) is 0 Å². The van der Waals surface area contributed by atoms with Crippen molar-refractivity contribution in [2.75, 3.05) is 29.7 Å². The lowest BCUT2D eigenvalue weighted by atomic mass is 10.1. The molecule has 0 aliphatic rings. The van der Waals surface area contributed by atoms with Gasteiger partial charge < -0.3 is 10.6 Å². The quantitative estimate of drug-likeness (QED) is 0.855. The van der Waals surface area contributed by atoms with Crippen LogP contribution in [0.25, 0.3) is 0 Å². The van der Waals surface area contributed by atoms with Gasteiger partial charge in [0.15, 0.2) is 0 Å². The molecule has 0 fully saturated rings. The Labute approximate surface area is 109 Å². The van der Waals surface area contributed by atoms with Crippen LogP contribution in [0.15, 0.2) is 18.2 Å². The normalized spacial score (nSPS) is 13.4. The number of halogens is 3. The molecule has 2 nitrogen and oxygen atoms in total. The summed E-state index contributed by atoms with van der Waals surface area (Å²) in [5.41, 5.74) is 5.04. The lowest BCUT2D eigenvalue weighted by Crippen LogP contribution is -2.32. The summed E-state index contributed by atoms with van der Waals surface area (Å²) >= 11 is 1.60. The molecule has 0 amide bonds. The highest BCUT2D eigenvalue weighted by Crippen LogP contribution is 2.38. The van der Waals surface area contributed by atoms with Crippen LogP contribution < -0.4 is 10.6 Å². The van der Waals surface area contributed by atoms with E-state index in [1.54, 1.807) is 23.7 Å². The Morgan fingerprint density at radius 3 is 2.50 bits per heavy atom. The predicted molar refractivity (Wildman–Crippen MR) is 72.1 cm³/mol. The van der Waals surface area contributed by atoms with Gasteiger partial charge in [-0.25, -0.2) is 0 Å². The Morgan fingerprint density at radius 2 is 2.00 bits per heavy atom. The fourth-order valence-electron chi connectivity index (χ4n) is 1.68. The Balaban J connectivity index is 3.15. The molecule has 0 saturated heterocycles. The molecule has 6 heteroatoms. The minimum absolute atomic E-state index is 0.0183. The molecule has 2 N–H and O–H groups in total. The Morgan fingerprint density at radius 1 is 1.39 bits per heavy atom. The van der Waals surface area contributed by atoms with E-state index in [0.29, 0.717) is 0 Å². The van der Waals surface area contributed by atoms with E-state index in [9.17, 15) is 13.2 Å². The summed E-state index contributed by atoms with van der Waals surface area (Å²) in [6.07, 6.45) is -2.46. The second-order valence-electron chi connectivity index (χ2n) is 4.19. The topological polar surface area (TPSA) is 29.3 Å². The maximum atomic E-state index is 13.0. The first-order valence-electron chi connectivity index (χ1n) is 5.46. The molecule has 1 aromatic carbocycles. The van der Waals surface area contributed by atoms with Gasteiger partial charge in [0.05, 0.1) is 5.56 Å². The molecule has 0 aromatic heterocycles. The van der Waals surface area contributed by atoms with Gasteiger partial charge in [-0.1, -0.05) is 0 Å². The number of nitrogens with two attached hydrogens (primary N) is 1. The molecule has 0 heterocycles. The second-order valence-corrected chi connectivity index (χ2v) is 5.10. The van der Waals surface area contributed by atoms with Crippen molar-refractivity contribution in [3.63, 3.8) is 0 Å². The maximum absolute atomic E-state index is 13.0. The number of alkyl halides is 3. The van der Waals surface area contributed by atoms with E-state index in [0.717, 1.165) is 11.8 Å². The molecular formula is C12H17F3N2S. The molecule has 0 saturated carbocycles. The van der Waals surface area contributed by atoms with E-state index in [2.05, 4.69) is 0 Å². The van der Waals surface area contributed by atoms with Crippen LogP contribution >= 0.6 is 11.8 Å². The Hall–Kier alpha value is -1.04. The van der Waals surface area contributed by atoms with Gasteiger partial charge in [-0.15, -0.1) is 0 Å². The van der Waals surface area contributed by atoms with E-state index in [4.69, 9.17) is 5.73 Å². The van der Waals surface area contributed by atoms with E-state index in [1.165, 1.54) is 12.1 Å². The molecule has 0 aliphatic heterocycles. The number of nitrogens with zero attached hydrogens (tertiary/aromatic N) is 1. The first-order valence-corrected chi connectivity index (χ1v) is 6.85. The lowest BCUT2D eigenvalue weighted by Gasteiger charge is -2.29. The molecule has 1 atom stereocenters. The average molecular weight is 278 g/mol. The van der Waals surface area contributed by atoms with Gasteiger partial charge in [0.1, 0.15) is 0 Å². The Bertz CT molecular complexity index is 407. The molecule has 1 unspecified atom stereocenters. The number of benzene rings is 1. The van der Waals surface area contributed by atoms with Crippen molar-refractivity contribution in [1.82, 2.24) is 0 Å². The third-order valence-electron chi connectivity index (χ3n) is 2.78. The zero-order chi connectivity index (χ0) is 13.9. The lowest BCUT2D eigenvalue weighted by molar-refractivity contribution is -0.137. The first-order chi connectivity index (χ1) is 8.27. The van der Waals surface area contributed by atoms with Crippen LogP contribution in [0.5, 0.6) is 0 Å². The summed E-state index contributed by atoms with van der Waals surface area (Å²) < 4.78 is 38.9. The van der Waals surface area contributed by atoms with E-state index >= 15 is 0 Å².